The van der Waals surface area contributed by atoms with Gasteiger partial charge in [0.15, 0.2) is 5.79 Å². The first-order chi connectivity index (χ1) is 6.99. The van der Waals surface area contributed by atoms with E-state index in [0.29, 0.717) is 0 Å². The third-order valence-electron chi connectivity index (χ3n) is 2.52. The predicted octanol–water partition coefficient (Wildman–Crippen LogP) is 3.55. The van der Waals surface area contributed by atoms with Gasteiger partial charge in [-0.2, -0.15) is 0 Å². The first-order valence-electron chi connectivity index (χ1n) is 5.10. The van der Waals surface area contributed by atoms with Crippen LogP contribution < -0.4 is 0 Å². The van der Waals surface area contributed by atoms with Crippen LogP contribution in [0.15, 0.2) is 24.3 Å². The molecule has 0 N–H and O–H groups in total. The van der Waals surface area contributed by atoms with E-state index in [-0.39, 0.29) is 12.2 Å². The summed E-state index contributed by atoms with van der Waals surface area (Å²) < 4.78 is 11.5. The second-order valence-corrected chi connectivity index (χ2v) is 4.69. The maximum Gasteiger partial charge on any atom is 0.164 e. The molecule has 15 heavy (non-hydrogen) atoms. The zero-order valence-corrected chi connectivity index (χ0v) is 9.91. The molecule has 82 valence electrons. The van der Waals surface area contributed by atoms with E-state index in [4.69, 9.17) is 21.1 Å². The highest BCUT2D eigenvalue weighted by Crippen LogP contribution is 2.40. The molecule has 0 aliphatic carbocycles. The van der Waals surface area contributed by atoms with Gasteiger partial charge < -0.3 is 9.47 Å². The molecule has 2 nitrogen and oxygen atoms in total. The van der Waals surface area contributed by atoms with Gasteiger partial charge in [-0.05, 0) is 26.8 Å². The Morgan fingerprint density at radius 3 is 2.40 bits per heavy atom. The molecule has 0 amide bonds. The smallest absolute Gasteiger partial charge is 0.164 e. The summed E-state index contributed by atoms with van der Waals surface area (Å²) in [7, 11) is 0. The van der Waals surface area contributed by atoms with E-state index in [2.05, 4.69) is 0 Å². The Hall–Kier alpha value is -0.570. The highest BCUT2D eigenvalue weighted by Gasteiger charge is 2.40. The monoisotopic (exact) mass is 226 g/mol. The summed E-state index contributed by atoms with van der Waals surface area (Å²) in [5.74, 6) is -0.525. The molecular weight excluding hydrogens is 212 g/mol. The Labute approximate surface area is 95.1 Å². The number of benzene rings is 1. The highest BCUT2D eigenvalue weighted by molar-refractivity contribution is 6.31. The van der Waals surface area contributed by atoms with Gasteiger partial charge in [0.05, 0.1) is 6.10 Å². The van der Waals surface area contributed by atoms with Crippen molar-refractivity contribution in [2.75, 3.05) is 0 Å². The van der Waals surface area contributed by atoms with Crippen molar-refractivity contribution < 1.29 is 9.47 Å². The summed E-state index contributed by atoms with van der Waals surface area (Å²) in [5, 5.41) is 0.732. The molecular formula is C12H15ClO2. The normalized spacial score (nSPS) is 29.3. The summed E-state index contributed by atoms with van der Waals surface area (Å²) in [6.07, 6.45) is -0.0476. The van der Waals surface area contributed by atoms with Crippen LogP contribution in [0.4, 0.5) is 0 Å². The molecule has 3 heteroatoms. The van der Waals surface area contributed by atoms with Crippen LogP contribution in [0.3, 0.4) is 0 Å². The summed E-state index contributed by atoms with van der Waals surface area (Å²) in [6, 6.07) is 7.73. The fraction of sp³-hybridized carbons (Fsp3) is 0.500. The second kappa shape index (κ2) is 3.78. The zero-order valence-electron chi connectivity index (χ0n) is 9.16. The molecule has 0 radical (unpaired) electrons. The Morgan fingerprint density at radius 1 is 1.20 bits per heavy atom. The van der Waals surface area contributed by atoms with E-state index >= 15 is 0 Å². The van der Waals surface area contributed by atoms with Crippen LogP contribution in [0.2, 0.25) is 5.02 Å². The van der Waals surface area contributed by atoms with Crippen molar-refractivity contribution in [1.29, 1.82) is 0 Å². The standard InChI is InChI=1S/C12H15ClO2/c1-8-11(15-12(2,3)14-8)9-6-4-5-7-10(9)13/h4-8,11H,1-3H3/t8-,11-/m0/s1. The van der Waals surface area contributed by atoms with Gasteiger partial charge in [-0.25, -0.2) is 0 Å². The molecule has 0 bridgehead atoms. The minimum absolute atomic E-state index is 0.0277. The molecule has 1 fully saturated rings. The topological polar surface area (TPSA) is 18.5 Å². The number of rotatable bonds is 1. The number of halogens is 1. The minimum Gasteiger partial charge on any atom is -0.344 e. The summed E-state index contributed by atoms with van der Waals surface area (Å²) >= 11 is 6.13. The van der Waals surface area contributed by atoms with E-state index in [0.717, 1.165) is 10.6 Å². The third-order valence-corrected chi connectivity index (χ3v) is 2.86. The fourth-order valence-electron chi connectivity index (χ4n) is 1.96. The van der Waals surface area contributed by atoms with Crippen LogP contribution in [0, 0.1) is 0 Å². The van der Waals surface area contributed by atoms with Gasteiger partial charge in [0.2, 0.25) is 0 Å². The predicted molar refractivity (Wildman–Crippen MR) is 59.9 cm³/mol. The Morgan fingerprint density at radius 2 is 1.87 bits per heavy atom. The van der Waals surface area contributed by atoms with Crippen molar-refractivity contribution in [2.24, 2.45) is 0 Å². The first-order valence-corrected chi connectivity index (χ1v) is 5.47. The molecule has 1 aromatic rings. The van der Waals surface area contributed by atoms with Crippen molar-refractivity contribution in [3.05, 3.63) is 34.9 Å². The minimum atomic E-state index is -0.525. The van der Waals surface area contributed by atoms with E-state index in [1.54, 1.807) is 0 Å². The van der Waals surface area contributed by atoms with Crippen molar-refractivity contribution in [3.63, 3.8) is 0 Å². The van der Waals surface area contributed by atoms with Crippen LogP contribution in [0.1, 0.15) is 32.4 Å². The summed E-state index contributed by atoms with van der Waals surface area (Å²) in [4.78, 5) is 0. The van der Waals surface area contributed by atoms with Gasteiger partial charge in [0.25, 0.3) is 0 Å². The fourth-order valence-corrected chi connectivity index (χ4v) is 2.20. The molecule has 0 aromatic heterocycles. The van der Waals surface area contributed by atoms with Crippen molar-refractivity contribution in [3.8, 4) is 0 Å². The SMILES string of the molecule is C[C@@H]1OC(C)(C)O[C@@H]1c1ccccc1Cl. The lowest BCUT2D eigenvalue weighted by atomic mass is 10.1. The maximum atomic E-state index is 6.13. The molecule has 1 aliphatic heterocycles. The van der Waals surface area contributed by atoms with Crippen LogP contribution in [-0.2, 0) is 9.47 Å². The Kier molecular flexibility index (Phi) is 2.75. The van der Waals surface area contributed by atoms with Gasteiger partial charge in [0, 0.05) is 10.6 Å². The molecule has 2 rings (SSSR count). The van der Waals surface area contributed by atoms with E-state index in [1.807, 2.05) is 45.0 Å². The van der Waals surface area contributed by atoms with Crippen LogP contribution in [0.25, 0.3) is 0 Å². The highest BCUT2D eigenvalue weighted by atomic mass is 35.5. The van der Waals surface area contributed by atoms with Gasteiger partial charge in [-0.3, -0.25) is 0 Å². The van der Waals surface area contributed by atoms with Gasteiger partial charge in [-0.15, -0.1) is 0 Å². The summed E-state index contributed by atoms with van der Waals surface area (Å²) in [6.45, 7) is 5.84. The first kappa shape index (κ1) is 10.9. The van der Waals surface area contributed by atoms with Crippen molar-refractivity contribution in [1.82, 2.24) is 0 Å². The van der Waals surface area contributed by atoms with Crippen molar-refractivity contribution in [2.45, 2.75) is 38.8 Å². The lowest BCUT2D eigenvalue weighted by molar-refractivity contribution is -0.145. The maximum absolute atomic E-state index is 6.13. The quantitative estimate of drug-likeness (QED) is 0.729. The molecule has 2 atom stereocenters. The summed E-state index contributed by atoms with van der Waals surface area (Å²) in [5.41, 5.74) is 0.997. The average Bonchev–Trinajstić information content (AvgIpc) is 2.40. The molecule has 1 heterocycles. The molecule has 1 aromatic carbocycles. The molecule has 0 saturated carbocycles. The molecule has 0 unspecified atom stereocenters. The molecule has 1 aliphatic rings. The number of hydrogen-bond acceptors (Lipinski definition) is 2. The van der Waals surface area contributed by atoms with E-state index < -0.39 is 5.79 Å². The number of ether oxygens (including phenoxy) is 2. The lowest BCUT2D eigenvalue weighted by Gasteiger charge is -2.17. The Bertz CT molecular complexity index is 362. The van der Waals surface area contributed by atoms with Crippen LogP contribution in [0.5, 0.6) is 0 Å². The van der Waals surface area contributed by atoms with E-state index in [9.17, 15) is 0 Å². The van der Waals surface area contributed by atoms with Gasteiger partial charge >= 0.3 is 0 Å². The largest absolute Gasteiger partial charge is 0.344 e. The number of hydrogen-bond donors (Lipinski definition) is 0. The zero-order chi connectivity index (χ0) is 11.1. The lowest BCUT2D eigenvalue weighted by Crippen LogP contribution is -2.20. The average molecular weight is 227 g/mol. The van der Waals surface area contributed by atoms with Crippen molar-refractivity contribution >= 4 is 11.6 Å². The van der Waals surface area contributed by atoms with Gasteiger partial charge in [-0.1, -0.05) is 29.8 Å². The van der Waals surface area contributed by atoms with Gasteiger partial charge in [0.1, 0.15) is 6.10 Å². The van der Waals surface area contributed by atoms with Crippen LogP contribution in [-0.4, -0.2) is 11.9 Å². The third kappa shape index (κ3) is 2.17. The Balaban J connectivity index is 2.29. The molecule has 1 saturated heterocycles. The molecule has 0 spiro atoms. The van der Waals surface area contributed by atoms with E-state index in [1.165, 1.54) is 0 Å². The van der Waals surface area contributed by atoms with Crippen LogP contribution >= 0.6 is 11.6 Å². The second-order valence-electron chi connectivity index (χ2n) is 4.28.